The molecular weight excluding hydrogens is 312 g/mol. The van der Waals surface area contributed by atoms with Gasteiger partial charge in [0.2, 0.25) is 5.91 Å². The number of hydrogen-bond acceptors (Lipinski definition) is 2. The highest BCUT2D eigenvalue weighted by atomic mass is 16.2. The van der Waals surface area contributed by atoms with E-state index in [1.807, 2.05) is 60.9 Å². The average Bonchev–Trinajstić information content (AvgIpc) is 2.58. The van der Waals surface area contributed by atoms with Crippen molar-refractivity contribution in [3.05, 3.63) is 81.6 Å². The molecule has 3 aromatic rings. The van der Waals surface area contributed by atoms with Crippen molar-refractivity contribution < 1.29 is 4.79 Å². The molecule has 1 amide bonds. The second-order valence-electron chi connectivity index (χ2n) is 6.37. The Labute approximate surface area is 147 Å². The zero-order chi connectivity index (χ0) is 17.8. The predicted molar refractivity (Wildman–Crippen MR) is 101 cm³/mol. The van der Waals surface area contributed by atoms with E-state index < -0.39 is 0 Å². The maximum atomic E-state index is 12.3. The van der Waals surface area contributed by atoms with Crippen molar-refractivity contribution in [1.29, 1.82) is 0 Å². The summed E-state index contributed by atoms with van der Waals surface area (Å²) in [4.78, 5) is 24.5. The number of carbonyl (C=O) groups excluding carboxylic acids is 1. The van der Waals surface area contributed by atoms with Gasteiger partial charge < -0.3 is 9.88 Å². The van der Waals surface area contributed by atoms with Gasteiger partial charge in [-0.3, -0.25) is 9.59 Å². The Hall–Kier alpha value is -2.88. The molecule has 0 fully saturated rings. The fourth-order valence-electron chi connectivity index (χ4n) is 3.15. The Morgan fingerprint density at radius 3 is 2.60 bits per heavy atom. The van der Waals surface area contributed by atoms with E-state index in [9.17, 15) is 9.59 Å². The largest absolute Gasteiger partial charge is 0.354 e. The molecule has 3 rings (SSSR count). The Morgan fingerprint density at radius 2 is 1.84 bits per heavy atom. The van der Waals surface area contributed by atoms with E-state index in [4.69, 9.17) is 0 Å². The van der Waals surface area contributed by atoms with E-state index in [1.165, 1.54) is 11.6 Å². The van der Waals surface area contributed by atoms with Crippen molar-refractivity contribution in [3.63, 3.8) is 0 Å². The quantitative estimate of drug-likeness (QED) is 0.780. The van der Waals surface area contributed by atoms with Gasteiger partial charge in [-0.15, -0.1) is 0 Å². The Kier molecular flexibility index (Phi) is 4.98. The number of aryl methyl sites for hydroxylation is 2. The molecule has 25 heavy (non-hydrogen) atoms. The van der Waals surface area contributed by atoms with E-state index >= 15 is 0 Å². The lowest BCUT2D eigenvalue weighted by molar-refractivity contribution is -0.121. The number of amides is 1. The fraction of sp³-hybridized carbons (Fsp3) is 0.238. The zero-order valence-electron chi connectivity index (χ0n) is 14.6. The van der Waals surface area contributed by atoms with Gasteiger partial charge in [0.25, 0.3) is 0 Å². The van der Waals surface area contributed by atoms with Crippen LogP contribution >= 0.6 is 0 Å². The molecule has 2 aromatic carbocycles. The van der Waals surface area contributed by atoms with Gasteiger partial charge in [-0.1, -0.05) is 36.4 Å². The first-order valence-electron chi connectivity index (χ1n) is 8.45. The third-order valence-corrected chi connectivity index (χ3v) is 4.31. The van der Waals surface area contributed by atoms with Crippen molar-refractivity contribution in [1.82, 2.24) is 9.88 Å². The van der Waals surface area contributed by atoms with Crippen molar-refractivity contribution >= 4 is 16.8 Å². The van der Waals surface area contributed by atoms with Crippen LogP contribution < -0.4 is 10.7 Å². The molecule has 0 saturated heterocycles. The molecule has 128 valence electrons. The van der Waals surface area contributed by atoms with Gasteiger partial charge in [0.1, 0.15) is 6.54 Å². The van der Waals surface area contributed by atoms with Crippen LogP contribution in [0.5, 0.6) is 0 Å². The summed E-state index contributed by atoms with van der Waals surface area (Å²) in [7, 11) is 0. The molecule has 0 aliphatic rings. The highest BCUT2D eigenvalue weighted by Gasteiger charge is 2.09. The lowest BCUT2D eigenvalue weighted by Crippen LogP contribution is -2.29. The number of benzene rings is 2. The number of hydrogen-bond donors (Lipinski definition) is 1. The minimum Gasteiger partial charge on any atom is -0.354 e. The van der Waals surface area contributed by atoms with Crippen molar-refractivity contribution in [3.8, 4) is 0 Å². The molecule has 0 saturated carbocycles. The molecule has 0 spiro atoms. The number of aromatic nitrogens is 1. The zero-order valence-corrected chi connectivity index (χ0v) is 14.6. The number of pyridine rings is 1. The molecule has 0 unspecified atom stereocenters. The molecule has 0 atom stereocenters. The van der Waals surface area contributed by atoms with E-state index in [1.54, 1.807) is 6.20 Å². The molecule has 0 radical (unpaired) electrons. The first-order valence-corrected chi connectivity index (χ1v) is 8.45. The Morgan fingerprint density at radius 1 is 1.08 bits per heavy atom. The minimum atomic E-state index is -0.0555. The third-order valence-electron chi connectivity index (χ3n) is 4.31. The summed E-state index contributed by atoms with van der Waals surface area (Å²) in [5.74, 6) is -0.0555. The highest BCUT2D eigenvalue weighted by molar-refractivity contribution is 5.85. The first kappa shape index (κ1) is 17.0. The van der Waals surface area contributed by atoms with Gasteiger partial charge >= 0.3 is 0 Å². The number of nitrogens with zero attached hydrogens (tertiary/aromatic N) is 1. The van der Waals surface area contributed by atoms with Gasteiger partial charge in [0.05, 0.1) is 5.52 Å². The number of nitrogens with one attached hydrogen (secondary N) is 1. The number of carbonyl (C=O) groups is 1. The van der Waals surface area contributed by atoms with Crippen LogP contribution in [0.25, 0.3) is 10.9 Å². The molecule has 0 bridgehead atoms. The Bertz CT molecular complexity index is 959. The van der Waals surface area contributed by atoms with Crippen LogP contribution in [0, 0.1) is 13.8 Å². The third kappa shape index (κ3) is 3.97. The Balaban J connectivity index is 1.73. The van der Waals surface area contributed by atoms with Crippen LogP contribution in [0.1, 0.15) is 16.7 Å². The van der Waals surface area contributed by atoms with Crippen molar-refractivity contribution in [2.45, 2.75) is 26.8 Å². The maximum Gasteiger partial charge on any atom is 0.239 e. The van der Waals surface area contributed by atoms with Crippen LogP contribution in [0.4, 0.5) is 0 Å². The maximum absolute atomic E-state index is 12.3. The highest BCUT2D eigenvalue weighted by Crippen LogP contribution is 2.17. The fourth-order valence-corrected chi connectivity index (χ4v) is 3.15. The molecule has 1 aromatic heterocycles. The normalized spacial score (nSPS) is 10.8. The van der Waals surface area contributed by atoms with Crippen molar-refractivity contribution in [2.75, 3.05) is 6.54 Å². The summed E-state index contributed by atoms with van der Waals surface area (Å²) in [5.41, 5.74) is 4.02. The summed E-state index contributed by atoms with van der Waals surface area (Å²) in [6.45, 7) is 4.72. The lowest BCUT2D eigenvalue weighted by atomic mass is 10.1. The summed E-state index contributed by atoms with van der Waals surface area (Å²) in [5, 5.41) is 3.64. The van der Waals surface area contributed by atoms with Gasteiger partial charge in [-0.2, -0.15) is 0 Å². The van der Waals surface area contributed by atoms with Gasteiger partial charge in [0.15, 0.2) is 5.43 Å². The summed E-state index contributed by atoms with van der Waals surface area (Å²) < 4.78 is 1.84. The lowest BCUT2D eigenvalue weighted by Gasteiger charge is -2.13. The van der Waals surface area contributed by atoms with E-state index in [2.05, 4.69) is 5.32 Å². The standard InChI is InChI=1S/C21H22N2O2/c1-15-12-16(2)21-18(13-15)23(11-9-19(21)24)14-20(25)22-10-8-17-6-4-3-5-7-17/h3-7,9,11-13H,8,10,14H2,1-2H3,(H,22,25). The summed E-state index contributed by atoms with van der Waals surface area (Å²) >= 11 is 0. The second-order valence-corrected chi connectivity index (χ2v) is 6.37. The topological polar surface area (TPSA) is 51.1 Å². The first-order chi connectivity index (χ1) is 12.0. The molecule has 4 heteroatoms. The molecule has 4 nitrogen and oxygen atoms in total. The molecule has 0 aliphatic carbocycles. The van der Waals surface area contributed by atoms with E-state index in [-0.39, 0.29) is 17.9 Å². The van der Waals surface area contributed by atoms with Gasteiger partial charge in [-0.05, 0) is 43.0 Å². The van der Waals surface area contributed by atoms with Crippen LogP contribution in [-0.2, 0) is 17.8 Å². The summed E-state index contributed by atoms with van der Waals surface area (Å²) in [6, 6.07) is 15.5. The molecule has 1 N–H and O–H groups in total. The smallest absolute Gasteiger partial charge is 0.239 e. The molecular formula is C21H22N2O2. The number of fused-ring (bicyclic) bond motifs is 1. The monoisotopic (exact) mass is 334 g/mol. The SMILES string of the molecule is Cc1cc(C)c2c(=O)ccn(CC(=O)NCCc3ccccc3)c2c1. The second kappa shape index (κ2) is 7.34. The van der Waals surface area contributed by atoms with Crippen molar-refractivity contribution in [2.24, 2.45) is 0 Å². The van der Waals surface area contributed by atoms with E-state index in [0.717, 1.165) is 23.1 Å². The summed E-state index contributed by atoms with van der Waals surface area (Å²) in [6.07, 6.45) is 2.50. The van der Waals surface area contributed by atoms with Crippen LogP contribution in [-0.4, -0.2) is 17.0 Å². The van der Waals surface area contributed by atoms with Crippen LogP contribution in [0.15, 0.2) is 59.5 Å². The molecule has 1 heterocycles. The minimum absolute atomic E-state index is 0.00626. The average molecular weight is 334 g/mol. The predicted octanol–water partition coefficient (Wildman–Crippen LogP) is 2.98. The number of rotatable bonds is 5. The van der Waals surface area contributed by atoms with Gasteiger partial charge in [0, 0.05) is 24.2 Å². The van der Waals surface area contributed by atoms with Crippen LogP contribution in [0.3, 0.4) is 0 Å². The van der Waals surface area contributed by atoms with E-state index in [0.29, 0.717) is 11.9 Å². The van der Waals surface area contributed by atoms with Gasteiger partial charge in [-0.25, -0.2) is 0 Å². The molecule has 0 aliphatic heterocycles. The van der Waals surface area contributed by atoms with Crippen LogP contribution in [0.2, 0.25) is 0 Å².